The molecule has 0 spiro atoms. The Balaban J connectivity index is 2.03. The summed E-state index contributed by atoms with van der Waals surface area (Å²) in [4.78, 5) is 13.2. The normalized spacial score (nSPS) is 10.3. The molecular formula is C14H14ClNO3S. The fourth-order valence-electron chi connectivity index (χ4n) is 1.67. The Kier molecular flexibility index (Phi) is 4.87. The van der Waals surface area contributed by atoms with Gasteiger partial charge >= 0.3 is 5.97 Å². The zero-order valence-corrected chi connectivity index (χ0v) is 12.5. The molecule has 0 bridgehead atoms. The predicted molar refractivity (Wildman–Crippen MR) is 80.7 cm³/mol. The molecule has 106 valence electrons. The zero-order valence-electron chi connectivity index (χ0n) is 10.9. The lowest BCUT2D eigenvalue weighted by Crippen LogP contribution is -2.10. The molecule has 0 saturated carbocycles. The molecule has 0 aliphatic carbocycles. The molecule has 1 aromatic carbocycles. The van der Waals surface area contributed by atoms with Crippen LogP contribution in [0.1, 0.15) is 15.2 Å². The van der Waals surface area contributed by atoms with Gasteiger partial charge in [-0.15, -0.1) is 11.3 Å². The molecule has 20 heavy (non-hydrogen) atoms. The number of methoxy groups -OCH3 is 1. The number of esters is 1. The van der Waals surface area contributed by atoms with Gasteiger partial charge in [0.05, 0.1) is 24.4 Å². The minimum absolute atomic E-state index is 0.276. The van der Waals surface area contributed by atoms with E-state index in [1.165, 1.54) is 24.1 Å². The highest BCUT2D eigenvalue weighted by atomic mass is 35.5. The number of carbonyl (C=O) groups excluding carboxylic acids is 1. The van der Waals surface area contributed by atoms with E-state index in [-0.39, 0.29) is 5.56 Å². The Bertz CT molecular complexity index is 599. The lowest BCUT2D eigenvalue weighted by atomic mass is 10.2. The Labute approximate surface area is 126 Å². The predicted octanol–water partition coefficient (Wildman–Crippen LogP) is 3.39. The first-order valence-electron chi connectivity index (χ1n) is 5.94. The summed E-state index contributed by atoms with van der Waals surface area (Å²) in [5, 5.41) is 2.29. The number of nitrogen functional groups attached to an aromatic ring is 1. The van der Waals surface area contributed by atoms with Gasteiger partial charge in [-0.05, 0) is 17.5 Å². The average Bonchev–Trinajstić information content (AvgIpc) is 2.94. The van der Waals surface area contributed by atoms with E-state index in [9.17, 15) is 4.79 Å². The number of carbonyl (C=O) groups is 1. The SMILES string of the molecule is COc1cc(N)c(Cl)cc1C(=O)OCCc1cccs1. The van der Waals surface area contributed by atoms with Crippen molar-refractivity contribution in [2.75, 3.05) is 19.5 Å². The maximum absolute atomic E-state index is 12.0. The van der Waals surface area contributed by atoms with E-state index >= 15 is 0 Å². The van der Waals surface area contributed by atoms with E-state index in [0.717, 1.165) is 0 Å². The second-order valence-electron chi connectivity index (χ2n) is 4.04. The van der Waals surface area contributed by atoms with Gasteiger partial charge in [0, 0.05) is 17.4 Å². The summed E-state index contributed by atoms with van der Waals surface area (Å²) in [6, 6.07) is 6.94. The summed E-state index contributed by atoms with van der Waals surface area (Å²) < 4.78 is 10.3. The molecular weight excluding hydrogens is 298 g/mol. The van der Waals surface area contributed by atoms with E-state index in [4.69, 9.17) is 26.8 Å². The Morgan fingerprint density at radius 2 is 2.25 bits per heavy atom. The minimum atomic E-state index is -0.472. The van der Waals surface area contributed by atoms with Crippen molar-refractivity contribution >= 4 is 34.6 Å². The van der Waals surface area contributed by atoms with Crippen LogP contribution in [0.25, 0.3) is 0 Å². The van der Waals surface area contributed by atoms with Gasteiger partial charge in [-0.25, -0.2) is 4.79 Å². The van der Waals surface area contributed by atoms with Crippen LogP contribution >= 0.6 is 22.9 Å². The Morgan fingerprint density at radius 1 is 1.45 bits per heavy atom. The van der Waals surface area contributed by atoms with E-state index < -0.39 is 5.97 Å². The van der Waals surface area contributed by atoms with Gasteiger partial charge in [0.2, 0.25) is 0 Å². The van der Waals surface area contributed by atoms with Crippen LogP contribution < -0.4 is 10.5 Å². The summed E-state index contributed by atoms with van der Waals surface area (Å²) in [5.74, 6) is -0.117. The number of ether oxygens (including phenoxy) is 2. The van der Waals surface area contributed by atoms with Gasteiger partial charge < -0.3 is 15.2 Å². The largest absolute Gasteiger partial charge is 0.496 e. The summed E-state index contributed by atoms with van der Waals surface area (Å²) in [6.07, 6.45) is 0.689. The van der Waals surface area contributed by atoms with Crippen LogP contribution in [0.3, 0.4) is 0 Å². The Morgan fingerprint density at radius 3 is 2.90 bits per heavy atom. The highest BCUT2D eigenvalue weighted by Gasteiger charge is 2.16. The van der Waals surface area contributed by atoms with Gasteiger partial charge in [0.1, 0.15) is 11.3 Å². The molecule has 0 unspecified atom stereocenters. The second kappa shape index (κ2) is 6.63. The molecule has 0 atom stereocenters. The zero-order chi connectivity index (χ0) is 14.5. The van der Waals surface area contributed by atoms with Crippen LogP contribution in [-0.2, 0) is 11.2 Å². The van der Waals surface area contributed by atoms with Crippen molar-refractivity contribution in [3.05, 3.63) is 45.1 Å². The standard InChI is InChI=1S/C14H14ClNO3S/c1-18-13-8-12(16)11(15)7-10(13)14(17)19-5-4-9-3-2-6-20-9/h2-3,6-8H,4-5,16H2,1H3. The summed E-state index contributed by atoms with van der Waals surface area (Å²) in [6.45, 7) is 0.310. The number of anilines is 1. The highest BCUT2D eigenvalue weighted by Crippen LogP contribution is 2.29. The van der Waals surface area contributed by atoms with Crippen LogP contribution in [0.5, 0.6) is 5.75 Å². The maximum atomic E-state index is 12.0. The van der Waals surface area contributed by atoms with Crippen LogP contribution in [0.15, 0.2) is 29.6 Å². The summed E-state index contributed by atoms with van der Waals surface area (Å²) in [5.41, 5.74) is 6.30. The smallest absolute Gasteiger partial charge is 0.341 e. The minimum Gasteiger partial charge on any atom is -0.496 e. The third-order valence-corrected chi connectivity index (χ3v) is 3.96. The lowest BCUT2D eigenvalue weighted by Gasteiger charge is -2.10. The molecule has 0 aliphatic heterocycles. The third-order valence-electron chi connectivity index (χ3n) is 2.70. The molecule has 0 fully saturated rings. The second-order valence-corrected chi connectivity index (χ2v) is 5.48. The average molecular weight is 312 g/mol. The van der Waals surface area contributed by atoms with Crippen molar-refractivity contribution in [2.24, 2.45) is 0 Å². The number of nitrogens with two attached hydrogens (primary N) is 1. The molecule has 1 aromatic heterocycles. The first kappa shape index (κ1) is 14.7. The molecule has 0 radical (unpaired) electrons. The number of thiophene rings is 1. The molecule has 6 heteroatoms. The summed E-state index contributed by atoms with van der Waals surface area (Å²) >= 11 is 7.54. The number of rotatable bonds is 5. The van der Waals surface area contributed by atoms with Gasteiger partial charge in [0.25, 0.3) is 0 Å². The van der Waals surface area contributed by atoms with Crippen molar-refractivity contribution in [1.82, 2.24) is 0 Å². The van der Waals surface area contributed by atoms with Crippen molar-refractivity contribution in [3.63, 3.8) is 0 Å². The van der Waals surface area contributed by atoms with Crippen LogP contribution in [0.2, 0.25) is 5.02 Å². The summed E-state index contributed by atoms with van der Waals surface area (Å²) in [7, 11) is 1.46. The number of hydrogen-bond donors (Lipinski definition) is 1. The Hall–Kier alpha value is -1.72. The molecule has 2 aromatic rings. The topological polar surface area (TPSA) is 61.5 Å². The quantitative estimate of drug-likeness (QED) is 0.679. The van der Waals surface area contributed by atoms with Crippen LogP contribution in [-0.4, -0.2) is 19.7 Å². The van der Waals surface area contributed by atoms with Crippen molar-refractivity contribution < 1.29 is 14.3 Å². The fourth-order valence-corrected chi connectivity index (χ4v) is 2.53. The number of benzene rings is 1. The van der Waals surface area contributed by atoms with Crippen LogP contribution in [0.4, 0.5) is 5.69 Å². The molecule has 0 saturated heterocycles. The monoisotopic (exact) mass is 311 g/mol. The van der Waals surface area contributed by atoms with Gasteiger partial charge in [-0.1, -0.05) is 17.7 Å². The van der Waals surface area contributed by atoms with Gasteiger partial charge in [-0.2, -0.15) is 0 Å². The third kappa shape index (κ3) is 3.43. The van der Waals surface area contributed by atoms with Gasteiger partial charge in [0.15, 0.2) is 0 Å². The number of hydrogen-bond acceptors (Lipinski definition) is 5. The van der Waals surface area contributed by atoms with Crippen molar-refractivity contribution in [1.29, 1.82) is 0 Å². The van der Waals surface area contributed by atoms with E-state index in [1.807, 2.05) is 17.5 Å². The van der Waals surface area contributed by atoms with Crippen molar-refractivity contribution in [2.45, 2.75) is 6.42 Å². The van der Waals surface area contributed by atoms with E-state index in [1.54, 1.807) is 11.3 Å². The lowest BCUT2D eigenvalue weighted by molar-refractivity contribution is 0.0506. The fraction of sp³-hybridized carbons (Fsp3) is 0.214. The molecule has 2 rings (SSSR count). The van der Waals surface area contributed by atoms with Crippen LogP contribution in [0, 0.1) is 0 Å². The first-order valence-corrected chi connectivity index (χ1v) is 7.20. The molecule has 0 aliphatic rings. The first-order chi connectivity index (χ1) is 9.61. The molecule has 4 nitrogen and oxygen atoms in total. The number of halogens is 1. The van der Waals surface area contributed by atoms with E-state index in [2.05, 4.69) is 0 Å². The molecule has 0 amide bonds. The van der Waals surface area contributed by atoms with Crippen molar-refractivity contribution in [3.8, 4) is 5.75 Å². The van der Waals surface area contributed by atoms with Gasteiger partial charge in [-0.3, -0.25) is 0 Å². The molecule has 1 heterocycles. The molecule has 2 N–H and O–H groups in total. The highest BCUT2D eigenvalue weighted by molar-refractivity contribution is 7.09. The van der Waals surface area contributed by atoms with E-state index in [0.29, 0.717) is 29.5 Å². The maximum Gasteiger partial charge on any atom is 0.341 e.